The minimum absolute atomic E-state index is 0.132. The molecule has 1 atom stereocenters. The van der Waals surface area contributed by atoms with Crippen LogP contribution < -0.4 is 0 Å². The predicted octanol–water partition coefficient (Wildman–Crippen LogP) is 2.61. The van der Waals surface area contributed by atoms with Crippen LogP contribution in [0.2, 0.25) is 0 Å². The van der Waals surface area contributed by atoms with Gasteiger partial charge in [0, 0.05) is 19.5 Å². The van der Waals surface area contributed by atoms with Crippen molar-refractivity contribution in [2.24, 2.45) is 11.3 Å². The van der Waals surface area contributed by atoms with E-state index in [1.54, 1.807) is 4.90 Å². The smallest absolute Gasteiger partial charge is 0.310 e. The van der Waals surface area contributed by atoms with Gasteiger partial charge in [-0.3, -0.25) is 9.59 Å². The molecule has 0 aromatic heterocycles. The van der Waals surface area contributed by atoms with Gasteiger partial charge in [0.25, 0.3) is 0 Å². The number of amides is 1. The second kappa shape index (κ2) is 6.92. The van der Waals surface area contributed by atoms with Crippen molar-refractivity contribution >= 4 is 11.9 Å². The first kappa shape index (κ1) is 16.0. The molecule has 0 radical (unpaired) electrons. The topological polar surface area (TPSA) is 46.6 Å². The van der Waals surface area contributed by atoms with Gasteiger partial charge in [-0.2, -0.15) is 0 Å². The highest BCUT2D eigenvalue weighted by molar-refractivity contribution is 5.78. The number of hydrogen-bond acceptors (Lipinski definition) is 3. The molecule has 1 aliphatic heterocycles. The summed E-state index contributed by atoms with van der Waals surface area (Å²) in [5, 5.41) is 0. The number of ether oxygens (including phenoxy) is 1. The molecule has 1 heterocycles. The van der Waals surface area contributed by atoms with Crippen LogP contribution in [0.3, 0.4) is 0 Å². The van der Waals surface area contributed by atoms with E-state index in [1.165, 1.54) is 0 Å². The van der Waals surface area contributed by atoms with E-state index in [9.17, 15) is 9.59 Å². The molecule has 4 heteroatoms. The van der Waals surface area contributed by atoms with Gasteiger partial charge in [0.15, 0.2) is 0 Å². The zero-order chi connectivity index (χ0) is 14.5. The molecule has 4 nitrogen and oxygen atoms in total. The van der Waals surface area contributed by atoms with Crippen molar-refractivity contribution in [1.82, 2.24) is 4.90 Å². The van der Waals surface area contributed by atoms with Crippen molar-refractivity contribution in [3.63, 3.8) is 0 Å². The molecule has 0 spiro atoms. The van der Waals surface area contributed by atoms with Crippen LogP contribution >= 0.6 is 0 Å². The van der Waals surface area contributed by atoms with E-state index in [0.717, 1.165) is 25.8 Å². The molecule has 0 aromatic rings. The number of carbonyl (C=O) groups is 2. The summed E-state index contributed by atoms with van der Waals surface area (Å²) in [4.78, 5) is 25.4. The molecular formula is C15H27NO3. The van der Waals surface area contributed by atoms with Crippen molar-refractivity contribution in [2.75, 3.05) is 19.7 Å². The molecule has 110 valence electrons. The maximum atomic E-state index is 12.0. The number of piperidine rings is 1. The molecule has 0 N–H and O–H groups in total. The van der Waals surface area contributed by atoms with Crippen LogP contribution in [-0.2, 0) is 14.3 Å². The van der Waals surface area contributed by atoms with E-state index in [1.807, 2.05) is 6.92 Å². The summed E-state index contributed by atoms with van der Waals surface area (Å²) in [5.41, 5.74) is 0.178. The summed E-state index contributed by atoms with van der Waals surface area (Å²) in [6, 6.07) is 0. The number of rotatable bonds is 4. The van der Waals surface area contributed by atoms with Gasteiger partial charge < -0.3 is 9.64 Å². The van der Waals surface area contributed by atoms with Crippen molar-refractivity contribution in [2.45, 2.75) is 53.4 Å². The van der Waals surface area contributed by atoms with Gasteiger partial charge in [-0.1, -0.05) is 27.7 Å². The summed E-state index contributed by atoms with van der Waals surface area (Å²) in [6.45, 7) is 10.0. The van der Waals surface area contributed by atoms with Crippen molar-refractivity contribution in [3.05, 3.63) is 0 Å². The Hall–Kier alpha value is -1.06. The summed E-state index contributed by atoms with van der Waals surface area (Å²) in [6.07, 6.45) is 3.10. The van der Waals surface area contributed by atoms with Crippen LogP contribution in [0.25, 0.3) is 0 Å². The second-order valence-corrected chi connectivity index (χ2v) is 6.51. The van der Waals surface area contributed by atoms with Crippen molar-refractivity contribution in [3.8, 4) is 0 Å². The first-order valence-electron chi connectivity index (χ1n) is 7.28. The van der Waals surface area contributed by atoms with Gasteiger partial charge in [0.1, 0.15) is 0 Å². The molecule has 1 saturated heterocycles. The van der Waals surface area contributed by atoms with Gasteiger partial charge in [0.05, 0.1) is 12.5 Å². The number of nitrogens with zero attached hydrogens (tertiary/aromatic N) is 1. The van der Waals surface area contributed by atoms with E-state index >= 15 is 0 Å². The van der Waals surface area contributed by atoms with Gasteiger partial charge in [0.2, 0.25) is 5.91 Å². The number of hydrogen-bond donors (Lipinski definition) is 0. The van der Waals surface area contributed by atoms with Crippen molar-refractivity contribution < 1.29 is 14.3 Å². The molecule has 0 saturated carbocycles. The predicted molar refractivity (Wildman–Crippen MR) is 74.6 cm³/mol. The van der Waals surface area contributed by atoms with E-state index in [2.05, 4.69) is 20.8 Å². The Bertz CT molecular complexity index is 320. The number of likely N-dealkylation sites (tertiary alicyclic amines) is 1. The average Bonchev–Trinajstić information content (AvgIpc) is 2.36. The molecule has 1 fully saturated rings. The molecule has 1 amide bonds. The highest BCUT2D eigenvalue weighted by Crippen LogP contribution is 2.21. The molecule has 1 unspecified atom stereocenters. The van der Waals surface area contributed by atoms with Crippen LogP contribution in [0.15, 0.2) is 0 Å². The van der Waals surface area contributed by atoms with Crippen LogP contribution in [0.1, 0.15) is 53.4 Å². The van der Waals surface area contributed by atoms with Gasteiger partial charge >= 0.3 is 5.97 Å². The first-order valence-corrected chi connectivity index (χ1v) is 7.28. The average molecular weight is 269 g/mol. The van der Waals surface area contributed by atoms with Crippen LogP contribution in [-0.4, -0.2) is 36.5 Å². The fourth-order valence-corrected chi connectivity index (χ4v) is 2.20. The third-order valence-electron chi connectivity index (χ3n) is 3.51. The minimum Gasteiger partial charge on any atom is -0.465 e. The highest BCUT2D eigenvalue weighted by Gasteiger charge is 2.28. The SMILES string of the molecule is CCC(=O)N1CCCC(C(=O)OCCC(C)(C)C)C1. The monoisotopic (exact) mass is 269 g/mol. The summed E-state index contributed by atoms with van der Waals surface area (Å²) < 4.78 is 5.34. The van der Waals surface area contributed by atoms with E-state index in [4.69, 9.17) is 4.74 Å². The maximum absolute atomic E-state index is 12.0. The van der Waals surface area contributed by atoms with E-state index in [0.29, 0.717) is 19.6 Å². The first-order chi connectivity index (χ1) is 8.83. The Morgan fingerprint density at radius 2 is 2.00 bits per heavy atom. The number of carbonyl (C=O) groups excluding carboxylic acids is 2. The normalized spacial score (nSPS) is 20.2. The van der Waals surface area contributed by atoms with Crippen LogP contribution in [0, 0.1) is 11.3 Å². The molecule has 0 aromatic carbocycles. The minimum atomic E-state index is -0.141. The highest BCUT2D eigenvalue weighted by atomic mass is 16.5. The third-order valence-corrected chi connectivity index (χ3v) is 3.51. The van der Waals surface area contributed by atoms with Crippen LogP contribution in [0.4, 0.5) is 0 Å². The number of esters is 1. The van der Waals surface area contributed by atoms with Crippen molar-refractivity contribution in [1.29, 1.82) is 0 Å². The lowest BCUT2D eigenvalue weighted by Crippen LogP contribution is -2.42. The fourth-order valence-electron chi connectivity index (χ4n) is 2.20. The molecule has 1 aliphatic rings. The lowest BCUT2D eigenvalue weighted by atomic mass is 9.93. The van der Waals surface area contributed by atoms with E-state index < -0.39 is 0 Å². The summed E-state index contributed by atoms with van der Waals surface area (Å²) in [5.74, 6) is -0.144. The molecular weight excluding hydrogens is 242 g/mol. The zero-order valence-corrected chi connectivity index (χ0v) is 12.7. The molecule has 19 heavy (non-hydrogen) atoms. The lowest BCUT2D eigenvalue weighted by Gasteiger charge is -2.31. The molecule has 1 rings (SSSR count). The Kier molecular flexibility index (Phi) is 5.83. The molecule has 0 bridgehead atoms. The summed E-state index contributed by atoms with van der Waals surface area (Å²) in [7, 11) is 0. The fraction of sp³-hybridized carbons (Fsp3) is 0.867. The quantitative estimate of drug-likeness (QED) is 0.737. The Labute approximate surface area is 116 Å². The van der Waals surface area contributed by atoms with Gasteiger partial charge in [-0.25, -0.2) is 0 Å². The lowest BCUT2D eigenvalue weighted by molar-refractivity contribution is -0.152. The largest absolute Gasteiger partial charge is 0.465 e. The van der Waals surface area contributed by atoms with Crippen LogP contribution in [0.5, 0.6) is 0 Å². The Balaban J connectivity index is 2.38. The van der Waals surface area contributed by atoms with Gasteiger partial charge in [-0.15, -0.1) is 0 Å². The maximum Gasteiger partial charge on any atom is 0.310 e. The standard InChI is InChI=1S/C15H27NO3/c1-5-13(17)16-9-6-7-12(11-16)14(18)19-10-8-15(2,3)4/h12H,5-11H2,1-4H3. The zero-order valence-electron chi connectivity index (χ0n) is 12.7. The molecule has 0 aliphatic carbocycles. The Morgan fingerprint density at radius 1 is 1.32 bits per heavy atom. The Morgan fingerprint density at radius 3 is 2.58 bits per heavy atom. The third kappa shape index (κ3) is 5.62. The van der Waals surface area contributed by atoms with E-state index in [-0.39, 0.29) is 23.2 Å². The second-order valence-electron chi connectivity index (χ2n) is 6.51. The van der Waals surface area contributed by atoms with Gasteiger partial charge in [-0.05, 0) is 24.7 Å². The summed E-state index contributed by atoms with van der Waals surface area (Å²) >= 11 is 0.